The van der Waals surface area contributed by atoms with Gasteiger partial charge in [-0.15, -0.1) is 0 Å². The summed E-state index contributed by atoms with van der Waals surface area (Å²) in [6, 6.07) is 6.24. The highest BCUT2D eigenvalue weighted by molar-refractivity contribution is 6.42. The quantitative estimate of drug-likeness (QED) is 0.842. The van der Waals surface area contributed by atoms with Gasteiger partial charge < -0.3 is 9.47 Å². The van der Waals surface area contributed by atoms with Gasteiger partial charge in [-0.3, -0.25) is 4.90 Å². The van der Waals surface area contributed by atoms with E-state index in [1.165, 1.54) is 0 Å². The van der Waals surface area contributed by atoms with Crippen molar-refractivity contribution in [3.8, 4) is 5.75 Å². The first-order chi connectivity index (χ1) is 8.25. The van der Waals surface area contributed by atoms with E-state index in [-0.39, 0.29) is 0 Å². The van der Waals surface area contributed by atoms with E-state index >= 15 is 0 Å². The first-order valence-electron chi connectivity index (χ1n) is 5.55. The lowest BCUT2D eigenvalue weighted by molar-refractivity contribution is 0.0322. The molecule has 0 saturated carbocycles. The molecule has 0 amide bonds. The van der Waals surface area contributed by atoms with Gasteiger partial charge >= 0.3 is 0 Å². The molecule has 1 aromatic carbocycles. The number of halogens is 2. The van der Waals surface area contributed by atoms with Crippen LogP contribution in [0.5, 0.6) is 5.75 Å². The molecule has 1 aromatic rings. The van der Waals surface area contributed by atoms with Gasteiger partial charge in [-0.2, -0.15) is 0 Å². The average molecular weight is 275 g/mol. The third-order valence-electron chi connectivity index (χ3n) is 2.60. The zero-order valence-electron chi connectivity index (χ0n) is 9.42. The van der Waals surface area contributed by atoms with Crippen molar-refractivity contribution in [2.24, 2.45) is 0 Å². The van der Waals surface area contributed by atoms with Crippen molar-refractivity contribution < 1.29 is 9.47 Å². The molecule has 0 aliphatic carbocycles. The van der Waals surface area contributed by atoms with E-state index < -0.39 is 0 Å². The Hall–Kier alpha value is -0.480. The molecule has 3 nitrogen and oxygen atoms in total. The Kier molecular flexibility index (Phi) is 4.92. The van der Waals surface area contributed by atoms with Gasteiger partial charge in [0.2, 0.25) is 0 Å². The van der Waals surface area contributed by atoms with Crippen LogP contribution in [0.15, 0.2) is 12.1 Å². The molecular weight excluding hydrogens is 261 g/mol. The van der Waals surface area contributed by atoms with Crippen molar-refractivity contribution in [2.45, 2.75) is 0 Å². The lowest BCUT2D eigenvalue weighted by atomic mass is 10.3. The summed E-state index contributed by atoms with van der Waals surface area (Å²) in [5.74, 6) is 0.632. The summed E-state index contributed by atoms with van der Waals surface area (Å²) < 4.78 is 10.8. The summed E-state index contributed by atoms with van der Waals surface area (Å²) in [4.78, 5) is 2.31. The number of nitrogens with zero attached hydrogens (tertiary/aromatic N) is 1. The van der Waals surface area contributed by atoms with Crippen LogP contribution in [0.25, 0.3) is 0 Å². The van der Waals surface area contributed by atoms with Crippen LogP contribution in [-0.2, 0) is 4.74 Å². The number of rotatable bonds is 4. The first-order valence-corrected chi connectivity index (χ1v) is 6.31. The summed E-state index contributed by atoms with van der Waals surface area (Å²) >= 11 is 11.7. The van der Waals surface area contributed by atoms with Crippen molar-refractivity contribution >= 4 is 23.2 Å². The van der Waals surface area contributed by atoms with Crippen LogP contribution in [-0.4, -0.2) is 44.4 Å². The van der Waals surface area contributed by atoms with Gasteiger partial charge in [0.15, 0.2) is 0 Å². The lowest BCUT2D eigenvalue weighted by Crippen LogP contribution is -2.38. The highest BCUT2D eigenvalue weighted by Gasteiger charge is 2.09. The number of hydrogen-bond acceptors (Lipinski definition) is 3. The minimum atomic E-state index is 0.492. The van der Waals surface area contributed by atoms with E-state index in [1.807, 2.05) is 0 Å². The molecule has 5 heteroatoms. The van der Waals surface area contributed by atoms with Crippen LogP contribution >= 0.6 is 23.2 Å². The predicted molar refractivity (Wildman–Crippen MR) is 68.1 cm³/mol. The monoisotopic (exact) mass is 274 g/mol. The topological polar surface area (TPSA) is 21.7 Å². The molecule has 0 spiro atoms. The minimum absolute atomic E-state index is 0.492. The fourth-order valence-corrected chi connectivity index (χ4v) is 1.88. The third-order valence-corrected chi connectivity index (χ3v) is 3.32. The molecule has 0 atom stereocenters. The van der Waals surface area contributed by atoms with Crippen LogP contribution in [0.1, 0.15) is 0 Å². The second kappa shape index (κ2) is 6.45. The molecule has 1 saturated heterocycles. The van der Waals surface area contributed by atoms with Crippen LogP contribution in [0.3, 0.4) is 0 Å². The van der Waals surface area contributed by atoms with E-state index in [0.29, 0.717) is 22.4 Å². The normalized spacial score (nSPS) is 17.1. The summed E-state index contributed by atoms with van der Waals surface area (Å²) in [6.07, 6.45) is 0. The molecule has 0 bridgehead atoms. The predicted octanol–water partition coefficient (Wildman–Crippen LogP) is 2.50. The van der Waals surface area contributed by atoms with E-state index in [1.54, 1.807) is 12.1 Å². The molecular formula is C12H14Cl2NO2. The Morgan fingerprint density at radius 2 is 2.06 bits per heavy atom. The molecule has 2 rings (SSSR count). The van der Waals surface area contributed by atoms with E-state index in [9.17, 15) is 0 Å². The number of morpholine rings is 1. The molecule has 1 aliphatic rings. The van der Waals surface area contributed by atoms with Gasteiger partial charge in [0.05, 0.1) is 23.3 Å². The SMILES string of the molecule is Clc1c[c]c(OCCN2CCOCC2)cc1Cl. The molecule has 0 unspecified atom stereocenters. The molecule has 1 heterocycles. The second-order valence-corrected chi connectivity index (χ2v) is 4.61. The molecule has 1 fully saturated rings. The van der Waals surface area contributed by atoms with Gasteiger partial charge in [0.25, 0.3) is 0 Å². The largest absolute Gasteiger partial charge is 0.492 e. The Labute approximate surface area is 111 Å². The fourth-order valence-electron chi connectivity index (χ4n) is 1.62. The number of ether oxygens (including phenoxy) is 2. The van der Waals surface area contributed by atoms with E-state index in [2.05, 4.69) is 11.0 Å². The van der Waals surface area contributed by atoms with Crippen LogP contribution in [0.2, 0.25) is 10.0 Å². The molecule has 1 aliphatic heterocycles. The molecule has 1 radical (unpaired) electrons. The number of hydrogen-bond donors (Lipinski definition) is 0. The zero-order chi connectivity index (χ0) is 12.1. The van der Waals surface area contributed by atoms with Gasteiger partial charge in [0.1, 0.15) is 12.4 Å². The van der Waals surface area contributed by atoms with Crippen LogP contribution in [0.4, 0.5) is 0 Å². The standard InChI is InChI=1S/C12H14Cl2NO2/c13-11-2-1-10(9-12(11)14)17-8-5-15-3-6-16-7-4-15/h2,9H,3-8H2. The minimum Gasteiger partial charge on any atom is -0.492 e. The van der Waals surface area contributed by atoms with Crippen LogP contribution in [0, 0.1) is 6.07 Å². The van der Waals surface area contributed by atoms with Crippen molar-refractivity contribution in [2.75, 3.05) is 39.5 Å². The third kappa shape index (κ3) is 4.03. The van der Waals surface area contributed by atoms with Gasteiger partial charge in [-0.25, -0.2) is 0 Å². The fraction of sp³-hybridized carbons (Fsp3) is 0.500. The highest BCUT2D eigenvalue weighted by atomic mass is 35.5. The van der Waals surface area contributed by atoms with Crippen molar-refractivity contribution in [1.82, 2.24) is 4.90 Å². The summed E-state index contributed by atoms with van der Waals surface area (Å²) in [7, 11) is 0. The Bertz CT molecular complexity index is 368. The maximum atomic E-state index is 5.88. The zero-order valence-corrected chi connectivity index (χ0v) is 10.9. The van der Waals surface area contributed by atoms with Crippen molar-refractivity contribution in [3.63, 3.8) is 0 Å². The number of benzene rings is 1. The average Bonchev–Trinajstić information content (AvgIpc) is 2.35. The van der Waals surface area contributed by atoms with Crippen molar-refractivity contribution in [3.05, 3.63) is 28.2 Å². The van der Waals surface area contributed by atoms with Gasteiger partial charge in [0, 0.05) is 31.8 Å². The summed E-state index contributed by atoms with van der Waals surface area (Å²) in [6.45, 7) is 5.05. The van der Waals surface area contributed by atoms with Crippen molar-refractivity contribution in [1.29, 1.82) is 0 Å². The van der Waals surface area contributed by atoms with Gasteiger partial charge in [-0.1, -0.05) is 23.2 Å². The summed E-state index contributed by atoms with van der Waals surface area (Å²) in [5.41, 5.74) is 0. The summed E-state index contributed by atoms with van der Waals surface area (Å²) in [5, 5.41) is 0.985. The first kappa shape index (κ1) is 13.0. The second-order valence-electron chi connectivity index (χ2n) is 3.80. The maximum absolute atomic E-state index is 5.88. The van der Waals surface area contributed by atoms with E-state index in [0.717, 1.165) is 32.8 Å². The molecule has 0 N–H and O–H groups in total. The Balaban J connectivity index is 1.75. The molecule has 0 aromatic heterocycles. The lowest BCUT2D eigenvalue weighted by Gasteiger charge is -2.26. The van der Waals surface area contributed by atoms with Crippen LogP contribution < -0.4 is 4.74 Å². The molecule has 17 heavy (non-hydrogen) atoms. The smallest absolute Gasteiger partial charge is 0.128 e. The molecule has 93 valence electrons. The van der Waals surface area contributed by atoms with E-state index in [4.69, 9.17) is 32.7 Å². The maximum Gasteiger partial charge on any atom is 0.128 e. The Morgan fingerprint density at radius 3 is 2.76 bits per heavy atom. The Morgan fingerprint density at radius 1 is 1.29 bits per heavy atom. The highest BCUT2D eigenvalue weighted by Crippen LogP contribution is 2.25. The van der Waals surface area contributed by atoms with Gasteiger partial charge in [-0.05, 0) is 6.07 Å².